The summed E-state index contributed by atoms with van der Waals surface area (Å²) in [5.74, 6) is -2.54. The number of carbonyl (C=O) groups is 2. The molecule has 2 amide bonds. The fourth-order valence-corrected chi connectivity index (χ4v) is 1.86. The van der Waals surface area contributed by atoms with Crippen LogP contribution >= 0.6 is 11.6 Å². The van der Waals surface area contributed by atoms with Gasteiger partial charge in [-0.05, 0) is 30.3 Å². The molecular weight excluding hydrogens is 357 g/mol. The first-order valence-corrected chi connectivity index (χ1v) is 7.16. The summed E-state index contributed by atoms with van der Waals surface area (Å²) >= 11 is 5.70. The molecule has 2 N–H and O–H groups in total. The number of carbonyl (C=O) groups excluding carboxylic acids is 2. The van der Waals surface area contributed by atoms with Gasteiger partial charge in [0.15, 0.2) is 6.61 Å². The van der Waals surface area contributed by atoms with E-state index in [-0.39, 0.29) is 5.56 Å². The monoisotopic (exact) mass is 367 g/mol. The number of ether oxygens (including phenoxy) is 1. The number of benzene rings is 2. The molecule has 0 saturated heterocycles. The zero-order valence-electron chi connectivity index (χ0n) is 12.5. The van der Waals surface area contributed by atoms with Gasteiger partial charge < -0.3 is 4.74 Å². The number of hydrogen-bond acceptors (Lipinski definition) is 5. The molecule has 0 saturated carbocycles. The zero-order chi connectivity index (χ0) is 18.4. The van der Waals surface area contributed by atoms with Gasteiger partial charge in [0.25, 0.3) is 11.8 Å². The molecule has 0 aliphatic carbocycles. The number of hydrazine groups is 1. The topological polar surface area (TPSA) is 111 Å². The van der Waals surface area contributed by atoms with Crippen molar-refractivity contribution in [3.63, 3.8) is 0 Å². The Morgan fingerprint density at radius 3 is 2.48 bits per heavy atom. The number of nitro benzene ring substituents is 1. The van der Waals surface area contributed by atoms with E-state index in [0.29, 0.717) is 5.02 Å². The van der Waals surface area contributed by atoms with E-state index in [1.165, 1.54) is 24.3 Å². The maximum absolute atomic E-state index is 13.1. The second kappa shape index (κ2) is 8.06. The molecule has 8 nitrogen and oxygen atoms in total. The minimum absolute atomic E-state index is 0.256. The summed E-state index contributed by atoms with van der Waals surface area (Å²) < 4.78 is 18.1. The van der Waals surface area contributed by atoms with Crippen molar-refractivity contribution in [3.8, 4) is 5.75 Å². The average Bonchev–Trinajstić information content (AvgIpc) is 2.58. The molecule has 0 atom stereocenters. The first-order chi connectivity index (χ1) is 11.9. The molecule has 0 bridgehead atoms. The second-order valence-electron chi connectivity index (χ2n) is 4.67. The van der Waals surface area contributed by atoms with E-state index >= 15 is 0 Å². The van der Waals surface area contributed by atoms with Crippen molar-refractivity contribution in [1.82, 2.24) is 10.9 Å². The lowest BCUT2D eigenvalue weighted by Gasteiger charge is -2.09. The summed E-state index contributed by atoms with van der Waals surface area (Å²) in [6, 6.07) is 8.53. The van der Waals surface area contributed by atoms with Gasteiger partial charge in [0.1, 0.15) is 5.82 Å². The van der Waals surface area contributed by atoms with Crippen LogP contribution in [0.25, 0.3) is 0 Å². The highest BCUT2D eigenvalue weighted by molar-refractivity contribution is 6.30. The molecule has 2 aromatic rings. The van der Waals surface area contributed by atoms with E-state index in [0.717, 1.165) is 18.2 Å². The van der Waals surface area contributed by atoms with Gasteiger partial charge in [0, 0.05) is 22.7 Å². The Morgan fingerprint density at radius 2 is 1.84 bits per heavy atom. The molecule has 0 fully saturated rings. The fraction of sp³-hybridized carbons (Fsp3) is 0.0667. The van der Waals surface area contributed by atoms with Crippen molar-refractivity contribution >= 4 is 29.1 Å². The molecule has 25 heavy (non-hydrogen) atoms. The Balaban J connectivity index is 1.89. The third-order valence-electron chi connectivity index (χ3n) is 2.90. The Morgan fingerprint density at radius 1 is 1.16 bits per heavy atom. The van der Waals surface area contributed by atoms with E-state index in [4.69, 9.17) is 16.3 Å². The third kappa shape index (κ3) is 5.15. The van der Waals surface area contributed by atoms with Gasteiger partial charge >= 0.3 is 5.69 Å². The maximum atomic E-state index is 13.1. The molecule has 2 aromatic carbocycles. The Hall–Kier alpha value is -3.20. The van der Waals surface area contributed by atoms with Crippen molar-refractivity contribution in [2.75, 3.05) is 6.61 Å². The molecule has 0 aliphatic rings. The fourth-order valence-electron chi connectivity index (χ4n) is 1.73. The average molecular weight is 368 g/mol. The van der Waals surface area contributed by atoms with Crippen molar-refractivity contribution in [3.05, 3.63) is 69.0 Å². The van der Waals surface area contributed by atoms with Crippen LogP contribution in [0.4, 0.5) is 10.1 Å². The lowest BCUT2D eigenvalue weighted by atomic mass is 10.2. The van der Waals surface area contributed by atoms with E-state index in [1.54, 1.807) is 0 Å². The van der Waals surface area contributed by atoms with Crippen LogP contribution in [0, 0.1) is 15.9 Å². The van der Waals surface area contributed by atoms with Gasteiger partial charge in [-0.15, -0.1) is 0 Å². The zero-order valence-corrected chi connectivity index (χ0v) is 13.2. The third-order valence-corrected chi connectivity index (χ3v) is 3.15. The summed E-state index contributed by atoms with van der Waals surface area (Å²) in [5, 5.41) is 11.3. The van der Waals surface area contributed by atoms with Gasteiger partial charge in [0.05, 0.1) is 4.92 Å². The molecule has 0 heterocycles. The molecule has 0 aromatic heterocycles. The van der Waals surface area contributed by atoms with Crippen LogP contribution in [-0.2, 0) is 4.79 Å². The van der Waals surface area contributed by atoms with Crippen LogP contribution in [0.1, 0.15) is 10.4 Å². The summed E-state index contributed by atoms with van der Waals surface area (Å²) in [4.78, 5) is 33.5. The molecule has 130 valence electrons. The summed E-state index contributed by atoms with van der Waals surface area (Å²) in [6.45, 7) is -0.662. The minimum Gasteiger partial charge on any atom is -0.477 e. The van der Waals surface area contributed by atoms with Crippen LogP contribution in [0.2, 0.25) is 5.02 Å². The van der Waals surface area contributed by atoms with Gasteiger partial charge in [-0.25, -0.2) is 4.39 Å². The Kier molecular flexibility index (Phi) is 5.85. The number of nitrogens with zero attached hydrogens (tertiary/aromatic N) is 1. The van der Waals surface area contributed by atoms with E-state index in [9.17, 15) is 24.1 Å². The minimum atomic E-state index is -0.791. The van der Waals surface area contributed by atoms with Gasteiger partial charge in [-0.1, -0.05) is 11.6 Å². The van der Waals surface area contributed by atoms with Crippen LogP contribution in [0.15, 0.2) is 42.5 Å². The highest BCUT2D eigenvalue weighted by atomic mass is 35.5. The molecule has 0 spiro atoms. The number of hydrogen-bond donors (Lipinski definition) is 2. The summed E-state index contributed by atoms with van der Waals surface area (Å²) in [6.07, 6.45) is 0. The Bertz CT molecular complexity index is 813. The number of nitrogens with one attached hydrogen (secondary N) is 2. The lowest BCUT2D eigenvalue weighted by Crippen LogP contribution is -2.43. The van der Waals surface area contributed by atoms with Crippen LogP contribution in [0.5, 0.6) is 5.75 Å². The summed E-state index contributed by atoms with van der Waals surface area (Å²) in [5.41, 5.74) is 3.97. The molecule has 2 rings (SSSR count). The maximum Gasteiger partial charge on any atom is 0.311 e. The number of rotatable bonds is 5. The van der Waals surface area contributed by atoms with Crippen molar-refractivity contribution in [2.45, 2.75) is 0 Å². The van der Waals surface area contributed by atoms with Gasteiger partial charge in [-0.2, -0.15) is 0 Å². The van der Waals surface area contributed by atoms with E-state index < -0.39 is 40.6 Å². The second-order valence-corrected chi connectivity index (χ2v) is 5.10. The molecule has 0 radical (unpaired) electrons. The van der Waals surface area contributed by atoms with Crippen LogP contribution in [0.3, 0.4) is 0 Å². The highest BCUT2D eigenvalue weighted by Gasteiger charge is 2.17. The summed E-state index contributed by atoms with van der Waals surface area (Å²) in [7, 11) is 0. The Labute approximate surface area is 145 Å². The predicted octanol–water partition coefficient (Wildman–Crippen LogP) is 2.23. The van der Waals surface area contributed by atoms with Crippen molar-refractivity contribution in [1.29, 1.82) is 0 Å². The molecule has 0 unspecified atom stereocenters. The first-order valence-electron chi connectivity index (χ1n) is 6.78. The quantitative estimate of drug-likeness (QED) is 0.622. The van der Waals surface area contributed by atoms with E-state index in [2.05, 4.69) is 10.9 Å². The standard InChI is InChI=1S/C15H11ClFN3O5/c16-10-3-1-9(2-4-10)15(22)19-18-14(21)8-25-13-7-11(17)5-6-12(13)20(23)24/h1-7H,8H2,(H,18,21)(H,19,22). The predicted molar refractivity (Wildman–Crippen MR) is 85.6 cm³/mol. The molecule has 10 heteroatoms. The number of halogens is 2. The van der Waals surface area contributed by atoms with Crippen LogP contribution in [-0.4, -0.2) is 23.3 Å². The normalized spacial score (nSPS) is 10.0. The van der Waals surface area contributed by atoms with Crippen molar-refractivity contribution in [2.24, 2.45) is 0 Å². The van der Waals surface area contributed by atoms with Crippen molar-refractivity contribution < 1.29 is 23.6 Å². The molecular formula is C15H11ClFN3O5. The number of amides is 2. The smallest absolute Gasteiger partial charge is 0.311 e. The SMILES string of the molecule is O=C(COc1cc(F)ccc1[N+](=O)[O-])NNC(=O)c1ccc(Cl)cc1. The highest BCUT2D eigenvalue weighted by Crippen LogP contribution is 2.27. The van der Waals surface area contributed by atoms with Gasteiger partial charge in [-0.3, -0.25) is 30.6 Å². The molecule has 0 aliphatic heterocycles. The number of nitro groups is 1. The van der Waals surface area contributed by atoms with E-state index in [1.807, 2.05) is 0 Å². The van der Waals surface area contributed by atoms with Crippen LogP contribution < -0.4 is 15.6 Å². The lowest BCUT2D eigenvalue weighted by molar-refractivity contribution is -0.385. The largest absolute Gasteiger partial charge is 0.477 e. The first kappa shape index (κ1) is 18.1. The van der Waals surface area contributed by atoms with Gasteiger partial charge in [0.2, 0.25) is 5.75 Å².